The van der Waals surface area contributed by atoms with Crippen LogP contribution < -0.4 is 10.6 Å². The summed E-state index contributed by atoms with van der Waals surface area (Å²) in [5.41, 5.74) is 0. The van der Waals surface area contributed by atoms with E-state index in [-0.39, 0.29) is 18.9 Å². The fraction of sp³-hybridized carbons (Fsp3) is 0.962. The second-order valence-corrected chi connectivity index (χ2v) is 30.4. The molecule has 3 aliphatic heterocycles. The highest BCUT2D eigenvalue weighted by molar-refractivity contribution is 5.77. The molecule has 3 rings (SSSR count). The Bertz CT molecular complexity index is 2040. The van der Waals surface area contributed by atoms with Gasteiger partial charge in [-0.25, -0.2) is 4.79 Å². The van der Waals surface area contributed by atoms with Gasteiger partial charge in [0.1, 0.15) is 67.1 Å². The van der Waals surface area contributed by atoms with Gasteiger partial charge in [-0.15, -0.1) is 0 Å². The number of amides is 2. The van der Waals surface area contributed by atoms with E-state index in [0.29, 0.717) is 19.3 Å². The van der Waals surface area contributed by atoms with Crippen LogP contribution in [0.15, 0.2) is 0 Å². The second-order valence-electron chi connectivity index (χ2n) is 30.4. The molecule has 0 bridgehead atoms. The normalized spacial score (nSPS) is 26.6. The summed E-state index contributed by atoms with van der Waals surface area (Å²) in [6.07, 6.45) is 33.4. The number of rotatable bonds is 66. The first kappa shape index (κ1) is 93.9. The first-order valence-electron chi connectivity index (χ1n) is 41.4. The zero-order valence-corrected chi connectivity index (χ0v) is 63.7. The number of aliphatic carboxylic acids is 1. The Hall–Kier alpha value is -2.27. The van der Waals surface area contributed by atoms with E-state index in [1.807, 2.05) is 0 Å². The number of unbranched alkanes of at least 4 members (excludes halogenated alkanes) is 46. The van der Waals surface area contributed by atoms with Crippen molar-refractivity contribution in [1.82, 2.24) is 10.6 Å². The van der Waals surface area contributed by atoms with Gasteiger partial charge in [-0.3, -0.25) is 9.59 Å². The Labute approximate surface area is 614 Å². The summed E-state index contributed by atoms with van der Waals surface area (Å²) in [4.78, 5) is 38.6. The van der Waals surface area contributed by atoms with Crippen LogP contribution in [0.3, 0.4) is 0 Å². The molecule has 3 fully saturated rings. The third kappa shape index (κ3) is 38.7. The number of aliphatic hydroxyl groups excluding tert-OH is 11. The van der Waals surface area contributed by atoms with Crippen LogP contribution in [0, 0.1) is 0 Å². The number of carboxylic acids is 1. The van der Waals surface area contributed by atoms with Crippen molar-refractivity contribution in [2.75, 3.05) is 26.4 Å². The lowest BCUT2D eigenvalue weighted by Crippen LogP contribution is -2.70. The Morgan fingerprint density at radius 3 is 1.23 bits per heavy atom. The number of nitrogens with one attached hydrogen (secondary N) is 2. The molecule has 602 valence electrons. The maximum atomic E-state index is 13.5. The van der Waals surface area contributed by atoms with Crippen molar-refractivity contribution in [3.63, 3.8) is 0 Å². The molecule has 3 heterocycles. The van der Waals surface area contributed by atoms with E-state index in [4.69, 9.17) is 28.4 Å². The lowest BCUT2D eigenvalue weighted by Gasteiger charge is -2.50. The standard InChI is InChI=1S/C79H150N2O21/c1-4-6-8-10-12-14-15-16-17-18-19-20-21-22-23-24-25-26-27-28-29-30-31-32-33-34-35-36-37-38-39-40-41-42-43-45-47-49-51-53-66(89)81-60(61(86)52-50-48-46-44-13-11-9-7-5-2)58-97-76-71(93)70(92)73(65(57-84)99-76)100-77-72(94)75(69(91)64(56-83)98-77)102-79(78(95)96)54-62(87)67(80-59(3)85)74(101-79)68(90)63(88)55-82/h60-65,67-77,82-84,86-88,90-94H,4-58H2,1-3H3,(H,80,85)(H,81,89)(H,95,96). The van der Waals surface area contributed by atoms with E-state index >= 15 is 0 Å². The van der Waals surface area contributed by atoms with E-state index in [0.717, 1.165) is 51.9 Å². The van der Waals surface area contributed by atoms with Crippen LogP contribution >= 0.6 is 0 Å². The van der Waals surface area contributed by atoms with Gasteiger partial charge in [-0.05, 0) is 12.8 Å². The topological polar surface area (TPSA) is 373 Å². The SMILES string of the molecule is CCCCCCCCCCCCCCCCCCCCCCCCCCCCCCCCCCCCCCCCCC(=O)NC(COC1OC(CO)C(OC2OC(CO)C(O)C(OC3(C(=O)O)CC(O)C(NC(C)=O)C(C(O)C(O)CO)O3)C2O)C(O)C1O)C(O)CCCCCCCCCCC. The largest absolute Gasteiger partial charge is 0.477 e. The molecule has 23 nitrogen and oxygen atoms in total. The van der Waals surface area contributed by atoms with Gasteiger partial charge in [-0.2, -0.15) is 0 Å². The highest BCUT2D eigenvalue weighted by Gasteiger charge is 2.60. The number of ether oxygens (including phenoxy) is 6. The van der Waals surface area contributed by atoms with Crippen LogP contribution in [-0.2, 0) is 42.8 Å². The molecule has 0 aromatic rings. The van der Waals surface area contributed by atoms with Gasteiger partial charge in [0, 0.05) is 19.8 Å². The van der Waals surface area contributed by atoms with Crippen molar-refractivity contribution in [3.05, 3.63) is 0 Å². The molecule has 0 aromatic carbocycles. The van der Waals surface area contributed by atoms with Crippen LogP contribution in [-0.4, -0.2) is 215 Å². The summed E-state index contributed by atoms with van der Waals surface area (Å²) in [7, 11) is 0. The number of hydrogen-bond acceptors (Lipinski definition) is 20. The maximum Gasteiger partial charge on any atom is 0.364 e. The van der Waals surface area contributed by atoms with Gasteiger partial charge in [0.05, 0.1) is 50.7 Å². The fourth-order valence-corrected chi connectivity index (χ4v) is 14.8. The molecule has 0 aromatic heterocycles. The third-order valence-electron chi connectivity index (χ3n) is 21.3. The van der Waals surface area contributed by atoms with Crippen molar-refractivity contribution < 1.29 is 104 Å². The first-order chi connectivity index (χ1) is 49.4. The minimum atomic E-state index is -3.08. The number of hydrogen-bond donors (Lipinski definition) is 14. The monoisotopic (exact) mass is 1460 g/mol. The minimum absolute atomic E-state index is 0.229. The molecule has 23 heteroatoms. The lowest BCUT2D eigenvalue weighted by atomic mass is 9.88. The predicted octanol–water partition coefficient (Wildman–Crippen LogP) is 11.2. The quantitative estimate of drug-likeness (QED) is 0.0252. The Morgan fingerprint density at radius 1 is 0.471 bits per heavy atom. The molecule has 18 unspecified atom stereocenters. The van der Waals surface area contributed by atoms with Gasteiger partial charge in [0.15, 0.2) is 12.6 Å². The van der Waals surface area contributed by atoms with Crippen molar-refractivity contribution in [2.45, 2.75) is 458 Å². The minimum Gasteiger partial charge on any atom is -0.477 e. The van der Waals surface area contributed by atoms with Gasteiger partial charge in [0.2, 0.25) is 11.8 Å². The first-order valence-corrected chi connectivity index (χ1v) is 41.4. The van der Waals surface area contributed by atoms with E-state index in [2.05, 4.69) is 24.5 Å². The molecule has 0 saturated carbocycles. The van der Waals surface area contributed by atoms with Gasteiger partial charge < -0.3 is 100 Å². The van der Waals surface area contributed by atoms with E-state index < -0.39 is 148 Å². The summed E-state index contributed by atoms with van der Waals surface area (Å²) >= 11 is 0. The van der Waals surface area contributed by atoms with Gasteiger partial charge in [-0.1, -0.05) is 316 Å². The van der Waals surface area contributed by atoms with Crippen LogP contribution in [0.5, 0.6) is 0 Å². The Kier molecular flexibility index (Phi) is 54.1. The molecule has 3 saturated heterocycles. The summed E-state index contributed by atoms with van der Waals surface area (Å²) in [5.74, 6) is -6.09. The fourth-order valence-electron chi connectivity index (χ4n) is 14.8. The summed E-state index contributed by atoms with van der Waals surface area (Å²) < 4.78 is 34.8. The summed E-state index contributed by atoms with van der Waals surface area (Å²) in [6, 6.07) is -2.52. The average Bonchev–Trinajstić information content (AvgIpc) is 0.756. The molecular weight excluding hydrogens is 1310 g/mol. The second kappa shape index (κ2) is 58.7. The van der Waals surface area contributed by atoms with Crippen LogP contribution in [0.1, 0.15) is 348 Å². The smallest absolute Gasteiger partial charge is 0.364 e. The predicted molar refractivity (Wildman–Crippen MR) is 394 cm³/mol. The van der Waals surface area contributed by atoms with Crippen molar-refractivity contribution in [2.24, 2.45) is 0 Å². The van der Waals surface area contributed by atoms with Crippen molar-refractivity contribution >= 4 is 17.8 Å². The highest BCUT2D eigenvalue weighted by atomic mass is 16.8. The number of carbonyl (C=O) groups excluding carboxylic acids is 2. The highest BCUT2D eigenvalue weighted by Crippen LogP contribution is 2.39. The molecule has 0 spiro atoms. The maximum absolute atomic E-state index is 13.5. The molecular formula is C79H150N2O21. The van der Waals surface area contributed by atoms with E-state index in [1.54, 1.807) is 0 Å². The summed E-state index contributed by atoms with van der Waals surface area (Å²) in [6.45, 7) is 2.20. The van der Waals surface area contributed by atoms with Crippen molar-refractivity contribution in [1.29, 1.82) is 0 Å². The Morgan fingerprint density at radius 2 is 0.853 bits per heavy atom. The molecule has 2 amide bonds. The number of carboxylic acid groups (broad SMARTS) is 1. The lowest BCUT2D eigenvalue weighted by molar-refractivity contribution is -0.386. The molecule has 0 aliphatic carbocycles. The van der Waals surface area contributed by atoms with Crippen LogP contribution in [0.2, 0.25) is 0 Å². The zero-order chi connectivity index (χ0) is 74.6. The van der Waals surface area contributed by atoms with E-state index in [1.165, 1.54) is 250 Å². The van der Waals surface area contributed by atoms with Gasteiger partial charge >= 0.3 is 5.97 Å². The van der Waals surface area contributed by atoms with Crippen LogP contribution in [0.4, 0.5) is 0 Å². The van der Waals surface area contributed by atoms with Crippen molar-refractivity contribution in [3.8, 4) is 0 Å². The molecule has 18 atom stereocenters. The van der Waals surface area contributed by atoms with E-state index in [9.17, 15) is 75.7 Å². The number of carbonyl (C=O) groups is 3. The molecule has 102 heavy (non-hydrogen) atoms. The molecule has 3 aliphatic rings. The van der Waals surface area contributed by atoms with Gasteiger partial charge in [0.25, 0.3) is 5.79 Å². The molecule has 0 radical (unpaired) electrons. The number of aliphatic hydroxyl groups is 11. The summed E-state index contributed by atoms with van der Waals surface area (Å²) in [5, 5.41) is 136. The zero-order valence-electron chi connectivity index (χ0n) is 63.7. The average molecular weight is 1460 g/mol. The molecule has 14 N–H and O–H groups in total. The third-order valence-corrected chi connectivity index (χ3v) is 21.3. The van der Waals surface area contributed by atoms with Crippen LogP contribution in [0.25, 0.3) is 0 Å². The Balaban J connectivity index is 1.34.